The van der Waals surface area contributed by atoms with E-state index in [0.717, 1.165) is 29.8 Å². The van der Waals surface area contributed by atoms with E-state index in [-0.39, 0.29) is 11.9 Å². The summed E-state index contributed by atoms with van der Waals surface area (Å²) >= 11 is 8.07. The van der Waals surface area contributed by atoms with E-state index in [9.17, 15) is 4.39 Å². The number of thioether (sulfide) groups is 1. The molecule has 0 fully saturated rings. The van der Waals surface area contributed by atoms with Crippen LogP contribution in [0.2, 0.25) is 5.02 Å². The van der Waals surface area contributed by atoms with Gasteiger partial charge in [0.2, 0.25) is 0 Å². The van der Waals surface area contributed by atoms with Crippen molar-refractivity contribution in [3.63, 3.8) is 0 Å². The van der Waals surface area contributed by atoms with Crippen molar-refractivity contribution < 1.29 is 4.39 Å². The van der Waals surface area contributed by atoms with Gasteiger partial charge in [-0.15, -0.1) is 0 Å². The predicted octanol–water partition coefficient (Wildman–Crippen LogP) is 4.16. The largest absolute Gasteiger partial charge is 0.309 e. The Hall–Kier alpha value is -0.250. The zero-order valence-corrected chi connectivity index (χ0v) is 11.7. The van der Waals surface area contributed by atoms with Crippen molar-refractivity contribution in [2.45, 2.75) is 37.3 Å². The van der Waals surface area contributed by atoms with E-state index >= 15 is 0 Å². The Morgan fingerprint density at radius 3 is 2.88 bits per heavy atom. The molecule has 1 aliphatic rings. The lowest BCUT2D eigenvalue weighted by atomic mass is 9.96. The van der Waals surface area contributed by atoms with E-state index < -0.39 is 0 Å². The third-order valence-electron chi connectivity index (χ3n) is 3.20. The highest BCUT2D eigenvalue weighted by Crippen LogP contribution is 2.43. The second-order valence-electron chi connectivity index (χ2n) is 4.21. The summed E-state index contributed by atoms with van der Waals surface area (Å²) in [5, 5.41) is 4.60. The maximum atomic E-state index is 13.8. The third kappa shape index (κ3) is 2.47. The molecule has 17 heavy (non-hydrogen) atoms. The van der Waals surface area contributed by atoms with Crippen molar-refractivity contribution in [1.29, 1.82) is 0 Å². The minimum atomic E-state index is -0.130. The fraction of sp³-hybridized carbons (Fsp3) is 0.538. The summed E-state index contributed by atoms with van der Waals surface area (Å²) in [7, 11) is 0. The molecule has 2 rings (SSSR count). The van der Waals surface area contributed by atoms with Crippen LogP contribution >= 0.6 is 23.4 Å². The zero-order chi connectivity index (χ0) is 12.4. The Morgan fingerprint density at radius 2 is 2.24 bits per heavy atom. The van der Waals surface area contributed by atoms with E-state index in [1.165, 1.54) is 6.07 Å². The van der Waals surface area contributed by atoms with Gasteiger partial charge in [0, 0.05) is 27.6 Å². The Bertz CT molecular complexity index is 411. The average molecular weight is 274 g/mol. The van der Waals surface area contributed by atoms with Crippen LogP contribution in [0.5, 0.6) is 0 Å². The van der Waals surface area contributed by atoms with Gasteiger partial charge < -0.3 is 5.32 Å². The van der Waals surface area contributed by atoms with Gasteiger partial charge in [-0.25, -0.2) is 4.39 Å². The molecule has 1 N–H and O–H groups in total. The first-order chi connectivity index (χ1) is 8.19. The van der Waals surface area contributed by atoms with Crippen molar-refractivity contribution in [1.82, 2.24) is 5.32 Å². The molecule has 94 valence electrons. The quantitative estimate of drug-likeness (QED) is 0.888. The summed E-state index contributed by atoms with van der Waals surface area (Å²) in [6.07, 6.45) is 1.06. The predicted molar refractivity (Wildman–Crippen MR) is 73.2 cm³/mol. The maximum Gasteiger partial charge on any atom is 0.127 e. The Balaban J connectivity index is 2.47. The van der Waals surface area contributed by atoms with E-state index in [2.05, 4.69) is 19.2 Å². The summed E-state index contributed by atoms with van der Waals surface area (Å²) in [6.45, 7) is 5.10. The highest BCUT2D eigenvalue weighted by Gasteiger charge is 2.31. The fourth-order valence-corrected chi connectivity index (χ4v) is 4.00. The van der Waals surface area contributed by atoms with Crippen molar-refractivity contribution in [3.05, 3.63) is 34.1 Å². The lowest BCUT2D eigenvalue weighted by molar-refractivity contribution is 0.505. The smallest absolute Gasteiger partial charge is 0.127 e. The minimum Gasteiger partial charge on any atom is -0.309 e. The molecule has 0 radical (unpaired) electrons. The number of benzene rings is 1. The van der Waals surface area contributed by atoms with Crippen LogP contribution in [0.15, 0.2) is 12.1 Å². The average Bonchev–Trinajstić information content (AvgIpc) is 2.34. The first-order valence-corrected chi connectivity index (χ1v) is 7.43. The minimum absolute atomic E-state index is 0.130. The summed E-state index contributed by atoms with van der Waals surface area (Å²) in [4.78, 5) is 0. The number of hydrogen-bond donors (Lipinski definition) is 1. The molecule has 4 heteroatoms. The topological polar surface area (TPSA) is 12.0 Å². The van der Waals surface area contributed by atoms with Gasteiger partial charge in [-0.3, -0.25) is 0 Å². The summed E-state index contributed by atoms with van der Waals surface area (Å²) < 4.78 is 13.8. The molecule has 1 nitrogen and oxygen atoms in total. The van der Waals surface area contributed by atoms with Crippen LogP contribution in [-0.2, 0) is 5.75 Å². The number of fused-ring (bicyclic) bond motifs is 1. The van der Waals surface area contributed by atoms with Crippen LogP contribution in [0.3, 0.4) is 0 Å². The first kappa shape index (κ1) is 13.2. The highest BCUT2D eigenvalue weighted by atomic mass is 35.5. The molecule has 0 bridgehead atoms. The van der Waals surface area contributed by atoms with Gasteiger partial charge in [0.15, 0.2) is 0 Å². The van der Waals surface area contributed by atoms with Crippen LogP contribution < -0.4 is 5.32 Å². The van der Waals surface area contributed by atoms with Crippen LogP contribution in [0.25, 0.3) is 0 Å². The van der Waals surface area contributed by atoms with Gasteiger partial charge in [-0.2, -0.15) is 11.8 Å². The molecule has 0 amide bonds. The molecule has 2 atom stereocenters. The molecule has 1 aromatic carbocycles. The van der Waals surface area contributed by atoms with Gasteiger partial charge in [0.25, 0.3) is 0 Å². The fourth-order valence-electron chi connectivity index (χ4n) is 2.37. The molecule has 0 aliphatic carbocycles. The van der Waals surface area contributed by atoms with Crippen molar-refractivity contribution >= 4 is 23.4 Å². The highest BCUT2D eigenvalue weighted by molar-refractivity contribution is 7.99. The van der Waals surface area contributed by atoms with Crippen LogP contribution in [0.4, 0.5) is 4.39 Å². The van der Waals surface area contributed by atoms with Crippen LogP contribution in [0, 0.1) is 5.82 Å². The number of rotatable bonds is 3. The summed E-state index contributed by atoms with van der Waals surface area (Å²) in [5.41, 5.74) is 1.75. The van der Waals surface area contributed by atoms with E-state index in [4.69, 9.17) is 11.6 Å². The van der Waals surface area contributed by atoms with Gasteiger partial charge in [0.05, 0.1) is 0 Å². The lowest BCUT2D eigenvalue weighted by Gasteiger charge is -2.34. The maximum absolute atomic E-state index is 13.8. The Morgan fingerprint density at radius 1 is 1.47 bits per heavy atom. The lowest BCUT2D eigenvalue weighted by Crippen LogP contribution is -2.33. The van der Waals surface area contributed by atoms with Crippen molar-refractivity contribution in [3.8, 4) is 0 Å². The molecule has 2 unspecified atom stereocenters. The first-order valence-electron chi connectivity index (χ1n) is 6.00. The Labute approximate surface area is 111 Å². The summed E-state index contributed by atoms with van der Waals surface area (Å²) in [6, 6.07) is 3.31. The van der Waals surface area contributed by atoms with Gasteiger partial charge in [-0.05, 0) is 30.7 Å². The van der Waals surface area contributed by atoms with Gasteiger partial charge in [-0.1, -0.05) is 25.4 Å². The van der Waals surface area contributed by atoms with Crippen LogP contribution in [-0.4, -0.2) is 11.8 Å². The van der Waals surface area contributed by atoms with Crippen LogP contribution in [0.1, 0.15) is 37.4 Å². The molecule has 0 saturated carbocycles. The molecular weight excluding hydrogens is 257 g/mol. The van der Waals surface area contributed by atoms with Gasteiger partial charge >= 0.3 is 0 Å². The number of nitrogens with one attached hydrogen (secondary N) is 1. The molecule has 0 saturated heterocycles. The van der Waals surface area contributed by atoms with E-state index in [0.29, 0.717) is 10.3 Å². The van der Waals surface area contributed by atoms with Crippen molar-refractivity contribution in [2.24, 2.45) is 0 Å². The van der Waals surface area contributed by atoms with E-state index in [1.54, 1.807) is 6.07 Å². The molecule has 1 aromatic rings. The molecular formula is C13H17ClFNS. The second-order valence-corrected chi connectivity index (χ2v) is 5.85. The standard InChI is InChI=1S/C13H17ClFNS/c1-3-11-13(16-4-2)12-8(7-17-11)10(15)6-5-9(12)14/h5-6,11,13,16H,3-4,7H2,1-2H3. The normalized spacial score (nSPS) is 23.5. The van der Waals surface area contributed by atoms with E-state index in [1.807, 2.05) is 11.8 Å². The SMILES string of the molecule is CCNC1c2c(Cl)ccc(F)c2CSC1CC. The third-order valence-corrected chi connectivity index (χ3v) is 5.02. The van der Waals surface area contributed by atoms with Crippen molar-refractivity contribution in [2.75, 3.05) is 6.54 Å². The Kier molecular flexibility index (Phi) is 4.34. The monoisotopic (exact) mass is 273 g/mol. The molecule has 1 aliphatic heterocycles. The molecule has 0 aromatic heterocycles. The molecule has 1 heterocycles. The summed E-state index contributed by atoms with van der Waals surface area (Å²) in [5.74, 6) is 0.594. The number of halogens is 2. The molecule has 0 spiro atoms. The number of hydrogen-bond acceptors (Lipinski definition) is 2. The second kappa shape index (κ2) is 5.59. The zero-order valence-electron chi connectivity index (χ0n) is 10.1. The van der Waals surface area contributed by atoms with Gasteiger partial charge in [0.1, 0.15) is 5.82 Å².